The van der Waals surface area contributed by atoms with Crippen LogP contribution >= 0.6 is 12.6 Å². The second-order valence-electron chi connectivity index (χ2n) is 3.61. The number of aliphatic hydroxyl groups is 2. The Bertz CT molecular complexity index is 410. The zero-order valence-corrected chi connectivity index (χ0v) is 9.77. The van der Waals surface area contributed by atoms with Crippen LogP contribution in [0.5, 0.6) is 0 Å². The van der Waals surface area contributed by atoms with E-state index in [0.717, 1.165) is 12.1 Å². The lowest BCUT2D eigenvalue weighted by Gasteiger charge is -2.19. The van der Waals surface area contributed by atoms with Gasteiger partial charge in [0.25, 0.3) is 0 Å². The quantitative estimate of drug-likeness (QED) is 0.590. The molecule has 1 rings (SSSR count). The van der Waals surface area contributed by atoms with Crippen LogP contribution in [-0.4, -0.2) is 33.1 Å². The molecule has 3 N–H and O–H groups in total. The molecule has 0 aliphatic heterocycles. The Hall–Kier alpha value is -1.11. The largest absolute Gasteiger partial charge is 0.481 e. The van der Waals surface area contributed by atoms with E-state index in [1.807, 2.05) is 0 Å². The van der Waals surface area contributed by atoms with Gasteiger partial charge in [-0.1, -0.05) is 6.07 Å². The highest BCUT2D eigenvalue weighted by atomic mass is 32.1. The van der Waals surface area contributed by atoms with Gasteiger partial charge >= 0.3 is 5.97 Å². The fraction of sp³-hybridized carbons (Fsp3) is 0.364. The highest BCUT2D eigenvalue weighted by Crippen LogP contribution is 2.23. The number of hydrogen-bond donors (Lipinski definition) is 4. The van der Waals surface area contributed by atoms with E-state index in [4.69, 9.17) is 5.11 Å². The van der Waals surface area contributed by atoms with Gasteiger partial charge in [0.2, 0.25) is 0 Å². The molecule has 0 saturated heterocycles. The molecule has 6 heteroatoms. The number of halogens is 1. The summed E-state index contributed by atoms with van der Waals surface area (Å²) in [6, 6.07) is 3.41. The van der Waals surface area contributed by atoms with Crippen molar-refractivity contribution in [2.45, 2.75) is 18.6 Å². The average Bonchev–Trinajstić information content (AvgIpc) is 2.26. The molecule has 2 atom stereocenters. The fourth-order valence-corrected chi connectivity index (χ4v) is 1.69. The topological polar surface area (TPSA) is 77.8 Å². The second-order valence-corrected chi connectivity index (χ2v) is 3.97. The Morgan fingerprint density at radius 1 is 1.41 bits per heavy atom. The van der Waals surface area contributed by atoms with E-state index in [9.17, 15) is 19.4 Å². The van der Waals surface area contributed by atoms with Crippen LogP contribution in [0.1, 0.15) is 17.2 Å². The van der Waals surface area contributed by atoms with E-state index in [0.29, 0.717) is 0 Å². The van der Waals surface area contributed by atoms with Gasteiger partial charge in [0, 0.05) is 5.75 Å². The molecule has 0 radical (unpaired) electrons. The molecule has 0 fully saturated rings. The highest BCUT2D eigenvalue weighted by Gasteiger charge is 2.21. The standard InChI is InChI=1S/C11H13FO4S/c12-7-1-2-8(11(16)9(13)5-17)6(3-7)4-10(14)15/h1-3,9,11,13,16-17H,4-5H2,(H,14,15). The van der Waals surface area contributed by atoms with E-state index in [1.54, 1.807) is 0 Å². The van der Waals surface area contributed by atoms with Crippen LogP contribution < -0.4 is 0 Å². The van der Waals surface area contributed by atoms with Gasteiger partial charge < -0.3 is 15.3 Å². The van der Waals surface area contributed by atoms with Crippen molar-refractivity contribution in [1.29, 1.82) is 0 Å². The number of rotatable bonds is 5. The summed E-state index contributed by atoms with van der Waals surface area (Å²) in [4.78, 5) is 10.6. The van der Waals surface area contributed by atoms with Gasteiger partial charge in [-0.3, -0.25) is 4.79 Å². The summed E-state index contributed by atoms with van der Waals surface area (Å²) in [5.41, 5.74) is 0.348. The highest BCUT2D eigenvalue weighted by molar-refractivity contribution is 7.80. The summed E-state index contributed by atoms with van der Waals surface area (Å²) in [5, 5.41) is 27.9. The fourth-order valence-electron chi connectivity index (χ4n) is 1.49. The summed E-state index contributed by atoms with van der Waals surface area (Å²) in [5.74, 6) is -1.70. The molecule has 0 aliphatic carbocycles. The van der Waals surface area contributed by atoms with Gasteiger partial charge in [-0.15, -0.1) is 0 Å². The van der Waals surface area contributed by atoms with Crippen LogP contribution in [0.15, 0.2) is 18.2 Å². The van der Waals surface area contributed by atoms with Crippen molar-refractivity contribution in [3.8, 4) is 0 Å². The normalized spacial score (nSPS) is 14.4. The van der Waals surface area contributed by atoms with Gasteiger partial charge in [0.1, 0.15) is 11.9 Å². The molecule has 0 aliphatic rings. The molecule has 0 aromatic heterocycles. The van der Waals surface area contributed by atoms with E-state index >= 15 is 0 Å². The first-order chi connectivity index (χ1) is 7.95. The summed E-state index contributed by atoms with van der Waals surface area (Å²) in [6.07, 6.45) is -2.82. The molecular weight excluding hydrogens is 247 g/mol. The zero-order chi connectivity index (χ0) is 13.0. The first-order valence-corrected chi connectivity index (χ1v) is 5.56. The summed E-state index contributed by atoms with van der Waals surface area (Å²) in [7, 11) is 0. The first kappa shape index (κ1) is 14.0. The predicted molar refractivity (Wildman–Crippen MR) is 62.6 cm³/mol. The van der Waals surface area contributed by atoms with Crippen molar-refractivity contribution in [3.05, 3.63) is 35.1 Å². The molecule has 17 heavy (non-hydrogen) atoms. The summed E-state index contributed by atoms with van der Waals surface area (Å²) < 4.78 is 13.0. The van der Waals surface area contributed by atoms with Crippen molar-refractivity contribution in [2.75, 3.05) is 5.75 Å². The van der Waals surface area contributed by atoms with Crippen molar-refractivity contribution in [2.24, 2.45) is 0 Å². The Kier molecular flexibility index (Phi) is 4.92. The SMILES string of the molecule is O=C(O)Cc1cc(F)ccc1C(O)C(O)CS. The maximum atomic E-state index is 13.0. The van der Waals surface area contributed by atoms with Crippen LogP contribution in [0.2, 0.25) is 0 Å². The smallest absolute Gasteiger partial charge is 0.307 e. The molecule has 0 saturated carbocycles. The lowest BCUT2D eigenvalue weighted by Crippen LogP contribution is -2.21. The third kappa shape index (κ3) is 3.69. The monoisotopic (exact) mass is 260 g/mol. The van der Waals surface area contributed by atoms with E-state index in [1.165, 1.54) is 6.07 Å². The molecule has 2 unspecified atom stereocenters. The molecule has 0 amide bonds. The molecule has 0 heterocycles. The Labute approximate surface area is 103 Å². The number of carbonyl (C=O) groups is 1. The van der Waals surface area contributed by atoms with Crippen LogP contribution in [0, 0.1) is 5.82 Å². The molecule has 1 aromatic rings. The number of thiol groups is 1. The summed E-state index contributed by atoms with van der Waals surface area (Å²) in [6.45, 7) is 0. The lowest BCUT2D eigenvalue weighted by molar-refractivity contribution is -0.136. The van der Waals surface area contributed by atoms with Crippen LogP contribution in [0.4, 0.5) is 4.39 Å². The van der Waals surface area contributed by atoms with E-state index in [2.05, 4.69) is 12.6 Å². The maximum Gasteiger partial charge on any atom is 0.307 e. The number of aliphatic hydroxyl groups excluding tert-OH is 2. The molecule has 94 valence electrons. The minimum absolute atomic E-state index is 0.0189. The summed E-state index contributed by atoms with van der Waals surface area (Å²) >= 11 is 3.83. The lowest BCUT2D eigenvalue weighted by atomic mass is 9.97. The third-order valence-corrected chi connectivity index (χ3v) is 2.69. The van der Waals surface area contributed by atoms with E-state index < -0.39 is 30.4 Å². The number of aliphatic carboxylic acids is 1. The molecule has 4 nitrogen and oxygen atoms in total. The maximum absolute atomic E-state index is 13.0. The molecule has 1 aromatic carbocycles. The van der Waals surface area contributed by atoms with Crippen LogP contribution in [0.25, 0.3) is 0 Å². The number of benzene rings is 1. The van der Waals surface area contributed by atoms with Gasteiger partial charge in [0.05, 0.1) is 12.5 Å². The number of hydrogen-bond acceptors (Lipinski definition) is 4. The van der Waals surface area contributed by atoms with Crippen molar-refractivity contribution in [3.63, 3.8) is 0 Å². The second kappa shape index (κ2) is 6.00. The zero-order valence-electron chi connectivity index (χ0n) is 8.88. The molecule has 0 bridgehead atoms. The predicted octanol–water partition coefficient (Wildman–Crippen LogP) is 0.777. The molecular formula is C11H13FO4S. The van der Waals surface area contributed by atoms with Gasteiger partial charge in [-0.25, -0.2) is 4.39 Å². The number of carboxylic acid groups (broad SMARTS) is 1. The van der Waals surface area contributed by atoms with Crippen molar-refractivity contribution < 1.29 is 24.5 Å². The minimum atomic E-state index is -1.28. The average molecular weight is 260 g/mol. The van der Waals surface area contributed by atoms with Crippen LogP contribution in [0.3, 0.4) is 0 Å². The minimum Gasteiger partial charge on any atom is -0.481 e. The van der Waals surface area contributed by atoms with E-state index in [-0.39, 0.29) is 16.9 Å². The Balaban J connectivity index is 3.09. The first-order valence-electron chi connectivity index (χ1n) is 4.92. The van der Waals surface area contributed by atoms with Gasteiger partial charge in [-0.2, -0.15) is 12.6 Å². The Morgan fingerprint density at radius 2 is 2.06 bits per heavy atom. The van der Waals surface area contributed by atoms with Crippen LogP contribution in [-0.2, 0) is 11.2 Å². The van der Waals surface area contributed by atoms with Gasteiger partial charge in [0.15, 0.2) is 0 Å². The van der Waals surface area contributed by atoms with Gasteiger partial charge in [-0.05, 0) is 23.3 Å². The van der Waals surface area contributed by atoms with Crippen molar-refractivity contribution >= 4 is 18.6 Å². The molecule has 0 spiro atoms. The number of carboxylic acids is 1. The Morgan fingerprint density at radius 3 is 2.59 bits per heavy atom. The third-order valence-electron chi connectivity index (χ3n) is 2.32. The van der Waals surface area contributed by atoms with Crippen molar-refractivity contribution in [1.82, 2.24) is 0 Å².